The molecular weight excluding hydrogens is 371 g/mol. The van der Waals surface area contributed by atoms with Crippen LogP contribution in [0.2, 0.25) is 0 Å². The van der Waals surface area contributed by atoms with E-state index in [0.717, 1.165) is 30.0 Å². The summed E-state index contributed by atoms with van der Waals surface area (Å²) in [6.07, 6.45) is 0.324. The van der Waals surface area contributed by atoms with Crippen LogP contribution in [0.15, 0.2) is 83.9 Å². The van der Waals surface area contributed by atoms with Crippen LogP contribution in [0.3, 0.4) is 0 Å². The van der Waals surface area contributed by atoms with Crippen molar-refractivity contribution < 1.29 is 13.2 Å². The Kier molecular flexibility index (Phi) is 5.52. The summed E-state index contributed by atoms with van der Waals surface area (Å²) in [7, 11) is 0. The van der Waals surface area contributed by atoms with Crippen LogP contribution in [-0.2, 0) is 12.6 Å². The van der Waals surface area contributed by atoms with Gasteiger partial charge >= 0.3 is 6.18 Å². The Hall–Kier alpha value is -2.88. The van der Waals surface area contributed by atoms with E-state index in [9.17, 15) is 13.2 Å². The van der Waals surface area contributed by atoms with Gasteiger partial charge in [-0.2, -0.15) is 13.2 Å². The number of hydrogen-bond donors (Lipinski definition) is 0. The van der Waals surface area contributed by atoms with Crippen molar-refractivity contribution in [1.29, 1.82) is 0 Å². The van der Waals surface area contributed by atoms with Gasteiger partial charge in [0.2, 0.25) is 0 Å². The fourth-order valence-corrected chi connectivity index (χ4v) is 3.52. The summed E-state index contributed by atoms with van der Waals surface area (Å²) in [6, 6.07) is 23.9. The van der Waals surface area contributed by atoms with Crippen LogP contribution in [0.1, 0.15) is 41.0 Å². The second-order valence-electron chi connectivity index (χ2n) is 7.57. The summed E-state index contributed by atoms with van der Waals surface area (Å²) in [4.78, 5) is 4.67. The lowest BCUT2D eigenvalue weighted by Crippen LogP contribution is -2.06. The third-order valence-electron chi connectivity index (χ3n) is 5.29. The van der Waals surface area contributed by atoms with E-state index < -0.39 is 11.7 Å². The highest BCUT2D eigenvalue weighted by Gasteiger charge is 2.32. The largest absolute Gasteiger partial charge is 0.416 e. The number of benzene rings is 3. The Bertz CT molecular complexity index is 934. The molecule has 148 valence electrons. The summed E-state index contributed by atoms with van der Waals surface area (Å²) < 4.78 is 39.5. The summed E-state index contributed by atoms with van der Waals surface area (Å²) >= 11 is 0. The van der Waals surface area contributed by atoms with Crippen LogP contribution in [0.4, 0.5) is 18.9 Å². The number of hydrogen-bond acceptors (Lipinski definition) is 1. The monoisotopic (exact) mass is 393 g/mol. The van der Waals surface area contributed by atoms with E-state index >= 15 is 0 Å². The zero-order valence-corrected chi connectivity index (χ0v) is 15.9. The Labute approximate surface area is 168 Å². The van der Waals surface area contributed by atoms with Gasteiger partial charge in [0.1, 0.15) is 0 Å². The van der Waals surface area contributed by atoms with Crippen molar-refractivity contribution in [1.82, 2.24) is 0 Å². The van der Waals surface area contributed by atoms with Gasteiger partial charge in [0.15, 0.2) is 0 Å². The predicted molar refractivity (Wildman–Crippen MR) is 111 cm³/mol. The maximum absolute atomic E-state index is 13.2. The number of alkyl halides is 3. The molecule has 0 radical (unpaired) electrons. The van der Waals surface area contributed by atoms with Crippen LogP contribution in [0.5, 0.6) is 0 Å². The lowest BCUT2D eigenvalue weighted by molar-refractivity contribution is -0.137. The van der Waals surface area contributed by atoms with Crippen molar-refractivity contribution in [2.75, 3.05) is 0 Å². The summed E-state index contributed by atoms with van der Waals surface area (Å²) in [6.45, 7) is 0. The zero-order chi connectivity index (χ0) is 20.3. The van der Waals surface area contributed by atoms with Crippen molar-refractivity contribution in [3.8, 4) is 0 Å². The van der Waals surface area contributed by atoms with Crippen molar-refractivity contribution in [3.05, 3.63) is 101 Å². The quantitative estimate of drug-likeness (QED) is 0.393. The minimum absolute atomic E-state index is 0.0616. The molecule has 1 aliphatic carbocycles. The van der Waals surface area contributed by atoms with Gasteiger partial charge in [0.25, 0.3) is 0 Å². The standard InChI is InChI=1S/C25H22F3N/c26-25(27,28)22-13-14-24(21(16-22)15-18-11-12-18)29-17-23(19-7-3-1-4-8-19)20-9-5-2-6-10-20/h1-10,13-14,16-18,23H,11-12,15H2. The van der Waals surface area contributed by atoms with Gasteiger partial charge in [0, 0.05) is 12.1 Å². The van der Waals surface area contributed by atoms with Crippen molar-refractivity contribution >= 4 is 11.9 Å². The first-order valence-electron chi connectivity index (χ1n) is 9.85. The highest BCUT2D eigenvalue weighted by molar-refractivity contribution is 5.76. The third kappa shape index (κ3) is 4.94. The molecule has 0 heterocycles. The SMILES string of the molecule is FC(F)(F)c1ccc(N=CC(c2ccccc2)c2ccccc2)c(CC2CC2)c1. The minimum atomic E-state index is -4.34. The van der Waals surface area contributed by atoms with Gasteiger partial charge in [-0.15, -0.1) is 0 Å². The van der Waals surface area contributed by atoms with E-state index in [1.165, 1.54) is 12.1 Å². The lowest BCUT2D eigenvalue weighted by Gasteiger charge is -2.15. The molecule has 0 spiro atoms. The molecule has 3 aromatic carbocycles. The van der Waals surface area contributed by atoms with E-state index in [0.29, 0.717) is 23.6 Å². The molecular formula is C25H22F3N. The summed E-state index contributed by atoms with van der Waals surface area (Å²) in [5.41, 5.74) is 2.89. The lowest BCUT2D eigenvalue weighted by atomic mass is 9.92. The molecule has 0 bridgehead atoms. The van der Waals surface area contributed by atoms with Crippen LogP contribution >= 0.6 is 0 Å². The summed E-state index contributed by atoms with van der Waals surface area (Å²) in [5.74, 6) is 0.417. The fraction of sp³-hybridized carbons (Fsp3) is 0.240. The second kappa shape index (κ2) is 8.24. The Morgan fingerprint density at radius 1 is 0.862 bits per heavy atom. The van der Waals surface area contributed by atoms with Crippen molar-refractivity contribution in [2.24, 2.45) is 10.9 Å². The van der Waals surface area contributed by atoms with Gasteiger partial charge in [0.05, 0.1) is 11.3 Å². The molecule has 0 amide bonds. The average molecular weight is 393 g/mol. The fourth-order valence-electron chi connectivity index (χ4n) is 3.52. The first-order chi connectivity index (χ1) is 14.0. The molecule has 0 saturated heterocycles. The van der Waals surface area contributed by atoms with Crippen LogP contribution in [-0.4, -0.2) is 6.21 Å². The molecule has 1 nitrogen and oxygen atoms in total. The Morgan fingerprint density at radius 2 is 1.45 bits per heavy atom. The molecule has 4 heteroatoms. The minimum Gasteiger partial charge on any atom is -0.260 e. The maximum atomic E-state index is 13.2. The molecule has 0 unspecified atom stereocenters. The van der Waals surface area contributed by atoms with Crippen molar-refractivity contribution in [2.45, 2.75) is 31.4 Å². The molecule has 1 saturated carbocycles. The van der Waals surface area contributed by atoms with Gasteiger partial charge in [-0.25, -0.2) is 0 Å². The second-order valence-corrected chi connectivity index (χ2v) is 7.57. The first-order valence-corrected chi connectivity index (χ1v) is 9.85. The molecule has 1 fully saturated rings. The maximum Gasteiger partial charge on any atom is 0.416 e. The van der Waals surface area contributed by atoms with Crippen molar-refractivity contribution in [3.63, 3.8) is 0 Å². The van der Waals surface area contributed by atoms with Crippen LogP contribution < -0.4 is 0 Å². The number of halogens is 3. The predicted octanol–water partition coefficient (Wildman–Crippen LogP) is 7.19. The Morgan fingerprint density at radius 3 is 1.97 bits per heavy atom. The molecule has 4 rings (SSSR count). The third-order valence-corrected chi connectivity index (χ3v) is 5.29. The molecule has 1 aliphatic rings. The average Bonchev–Trinajstić information content (AvgIpc) is 3.54. The summed E-state index contributed by atoms with van der Waals surface area (Å²) in [5, 5.41) is 0. The number of nitrogens with zero attached hydrogens (tertiary/aromatic N) is 1. The van der Waals surface area contributed by atoms with Gasteiger partial charge < -0.3 is 0 Å². The highest BCUT2D eigenvalue weighted by atomic mass is 19.4. The molecule has 3 aromatic rings. The van der Waals surface area contributed by atoms with Crippen LogP contribution in [0.25, 0.3) is 0 Å². The van der Waals surface area contributed by atoms with E-state index in [2.05, 4.69) is 4.99 Å². The molecule has 0 atom stereocenters. The topological polar surface area (TPSA) is 12.4 Å². The number of aliphatic imine (C=N–C) groups is 1. The van der Waals surface area contributed by atoms with E-state index in [1.54, 1.807) is 0 Å². The first kappa shape index (κ1) is 19.4. The molecule has 0 aromatic heterocycles. The van der Waals surface area contributed by atoms with Crippen LogP contribution in [0, 0.1) is 5.92 Å². The molecule has 0 N–H and O–H groups in total. The molecule has 29 heavy (non-hydrogen) atoms. The van der Waals surface area contributed by atoms with Gasteiger partial charge in [-0.3, -0.25) is 4.99 Å². The normalized spacial score (nSPS) is 14.6. The van der Waals surface area contributed by atoms with E-state index in [1.807, 2.05) is 66.9 Å². The van der Waals surface area contributed by atoms with Gasteiger partial charge in [-0.05, 0) is 60.1 Å². The Balaban J connectivity index is 1.70. The number of rotatable bonds is 6. The van der Waals surface area contributed by atoms with Gasteiger partial charge in [-0.1, -0.05) is 60.7 Å². The highest BCUT2D eigenvalue weighted by Crippen LogP contribution is 2.38. The van der Waals surface area contributed by atoms with E-state index in [4.69, 9.17) is 0 Å². The zero-order valence-electron chi connectivity index (χ0n) is 15.9. The molecule has 0 aliphatic heterocycles. The smallest absolute Gasteiger partial charge is 0.260 e. The van der Waals surface area contributed by atoms with E-state index in [-0.39, 0.29) is 5.92 Å².